The number of carbonyl (C=O) groups excluding carboxylic acids is 2. The summed E-state index contributed by atoms with van der Waals surface area (Å²) in [6.07, 6.45) is -2.72. The zero-order valence-electron chi connectivity index (χ0n) is 23.1. The van der Waals surface area contributed by atoms with Crippen LogP contribution in [-0.4, -0.2) is 53.2 Å². The van der Waals surface area contributed by atoms with Gasteiger partial charge in [-0.3, -0.25) is 14.5 Å². The first-order valence-corrected chi connectivity index (χ1v) is 13.2. The number of para-hydroxylation sites is 1. The van der Waals surface area contributed by atoms with Crippen LogP contribution in [-0.2, 0) is 23.9 Å². The molecule has 1 aromatic heterocycles. The molecule has 214 valence electrons. The van der Waals surface area contributed by atoms with E-state index in [4.69, 9.17) is 0 Å². The normalized spacial score (nSPS) is 14.8. The van der Waals surface area contributed by atoms with Gasteiger partial charge in [0.05, 0.1) is 17.4 Å². The third kappa shape index (κ3) is 7.20. The average Bonchev–Trinajstić information content (AvgIpc) is 3.37. The van der Waals surface area contributed by atoms with Gasteiger partial charge in [0.2, 0.25) is 0 Å². The Morgan fingerprint density at radius 2 is 1.66 bits per heavy atom. The highest BCUT2D eigenvalue weighted by Gasteiger charge is 2.37. The summed E-state index contributed by atoms with van der Waals surface area (Å²) in [6.45, 7) is 3.18. The van der Waals surface area contributed by atoms with Gasteiger partial charge in [-0.1, -0.05) is 54.6 Å². The first kappa shape index (κ1) is 29.5. The fourth-order valence-electron chi connectivity index (χ4n) is 4.61. The Balaban J connectivity index is 0.000000328. The highest BCUT2D eigenvalue weighted by Crippen LogP contribution is 2.31. The van der Waals surface area contributed by atoms with E-state index in [0.717, 1.165) is 29.9 Å². The van der Waals surface area contributed by atoms with Crippen LogP contribution in [0.1, 0.15) is 34.0 Å². The van der Waals surface area contributed by atoms with Crippen LogP contribution >= 0.6 is 0 Å². The lowest BCUT2D eigenvalue weighted by atomic mass is 10.0. The molecule has 4 aromatic rings. The molecule has 10 heteroatoms. The second-order valence-electron chi connectivity index (χ2n) is 9.86. The lowest BCUT2D eigenvalue weighted by Crippen LogP contribution is -2.53. The lowest BCUT2D eigenvalue weighted by molar-refractivity contribution is -0.137. The van der Waals surface area contributed by atoms with Crippen molar-refractivity contribution in [3.8, 4) is 5.69 Å². The van der Waals surface area contributed by atoms with Crippen LogP contribution in [0.2, 0.25) is 0 Å². The topological polar surface area (TPSA) is 70.5 Å². The van der Waals surface area contributed by atoms with Crippen LogP contribution in [0.4, 0.5) is 19.0 Å². The van der Waals surface area contributed by atoms with Crippen molar-refractivity contribution >= 4 is 17.6 Å². The Kier molecular flexibility index (Phi) is 9.24. The van der Waals surface area contributed by atoms with E-state index >= 15 is 0 Å². The van der Waals surface area contributed by atoms with Gasteiger partial charge in [-0.15, -0.1) is 0 Å². The van der Waals surface area contributed by atoms with E-state index in [2.05, 4.69) is 53.7 Å². The van der Waals surface area contributed by atoms with Crippen molar-refractivity contribution in [3.63, 3.8) is 0 Å². The van der Waals surface area contributed by atoms with E-state index in [0.29, 0.717) is 12.4 Å². The fourth-order valence-corrected chi connectivity index (χ4v) is 4.61. The maximum atomic E-state index is 13.1. The van der Waals surface area contributed by atoms with Crippen molar-refractivity contribution in [1.29, 1.82) is 0 Å². The minimum Gasteiger partial charge on any atom is -0.340 e. The van der Waals surface area contributed by atoms with Crippen molar-refractivity contribution in [2.45, 2.75) is 32.1 Å². The van der Waals surface area contributed by atoms with Gasteiger partial charge in [-0.2, -0.15) is 18.3 Å². The zero-order chi connectivity index (χ0) is 29.6. The van der Waals surface area contributed by atoms with Crippen molar-refractivity contribution < 1.29 is 22.8 Å². The number of nitrogens with zero attached hydrogens (tertiary/aromatic N) is 4. The predicted octanol–water partition coefficient (Wildman–Crippen LogP) is 5.35. The fraction of sp³-hybridized carbons (Fsp3) is 0.258. The van der Waals surface area contributed by atoms with E-state index in [9.17, 15) is 22.8 Å². The molecule has 1 atom stereocenters. The van der Waals surface area contributed by atoms with Crippen molar-refractivity contribution in [1.82, 2.24) is 20.0 Å². The van der Waals surface area contributed by atoms with Gasteiger partial charge in [0.25, 0.3) is 11.8 Å². The molecule has 0 spiro atoms. The number of halogens is 3. The van der Waals surface area contributed by atoms with Crippen LogP contribution in [0.15, 0.2) is 91.1 Å². The molecule has 0 saturated carbocycles. The molecule has 1 aliphatic heterocycles. The van der Waals surface area contributed by atoms with E-state index < -0.39 is 23.7 Å². The van der Waals surface area contributed by atoms with Gasteiger partial charge in [0, 0.05) is 30.6 Å². The van der Waals surface area contributed by atoms with E-state index in [1.165, 1.54) is 22.6 Å². The molecule has 0 radical (unpaired) electrons. The number of fused-ring (bicyclic) bond motifs is 1. The number of hydrogen-bond acceptors (Lipinski definition) is 4. The minimum absolute atomic E-state index is 0.156. The van der Waals surface area contributed by atoms with Crippen LogP contribution in [0, 0.1) is 0 Å². The summed E-state index contributed by atoms with van der Waals surface area (Å²) in [5.74, 6) is -0.448. The summed E-state index contributed by atoms with van der Waals surface area (Å²) in [5.41, 5.74) is 1.85. The molecule has 7 nitrogen and oxygen atoms in total. The summed E-state index contributed by atoms with van der Waals surface area (Å²) in [7, 11) is 4.15. The van der Waals surface area contributed by atoms with Crippen LogP contribution in [0.25, 0.3) is 5.69 Å². The number of rotatable bonds is 6. The second-order valence-corrected chi connectivity index (χ2v) is 9.86. The van der Waals surface area contributed by atoms with E-state index in [1.807, 2.05) is 36.4 Å². The van der Waals surface area contributed by atoms with Gasteiger partial charge in [0.15, 0.2) is 0 Å². The number of carbonyl (C=O) groups is 2. The third-order valence-corrected chi connectivity index (χ3v) is 6.48. The number of amides is 2. The summed E-state index contributed by atoms with van der Waals surface area (Å²) < 4.78 is 40.5. The molecule has 0 fully saturated rings. The standard InChI is InChI=1S/C22H19F3N4O2.C9H13N/c1-2-28-20-15(13-26-29(20)17-9-4-3-5-10-17)12-18(21(28)31)27-19(30)14-7-6-8-16(11-14)22(23,24)25;1-10(2)8-9-6-4-3-5-7-9/h3-11,13,18H,2,12H2,1H3,(H,27,30);3-7H,8H2,1-2H3. The Labute approximate surface area is 237 Å². The largest absolute Gasteiger partial charge is 0.416 e. The van der Waals surface area contributed by atoms with E-state index in [1.54, 1.807) is 17.8 Å². The molecule has 5 rings (SSSR count). The average molecular weight is 564 g/mol. The Morgan fingerprint density at radius 3 is 2.27 bits per heavy atom. The maximum Gasteiger partial charge on any atom is 0.416 e. The first-order valence-electron chi connectivity index (χ1n) is 13.2. The zero-order valence-corrected chi connectivity index (χ0v) is 23.1. The number of likely N-dealkylation sites (N-methyl/N-ethyl adjacent to an activating group) is 1. The van der Waals surface area contributed by atoms with Crippen LogP contribution in [0.3, 0.4) is 0 Å². The molecular weight excluding hydrogens is 531 g/mol. The first-order chi connectivity index (χ1) is 19.6. The molecule has 1 N–H and O–H groups in total. The third-order valence-electron chi connectivity index (χ3n) is 6.48. The second kappa shape index (κ2) is 12.8. The summed E-state index contributed by atoms with van der Waals surface area (Å²) >= 11 is 0. The quantitative estimate of drug-likeness (QED) is 0.344. The number of anilines is 1. The Hall–Kier alpha value is -4.44. The number of hydrogen-bond donors (Lipinski definition) is 1. The minimum atomic E-state index is -4.56. The van der Waals surface area contributed by atoms with Gasteiger partial charge < -0.3 is 10.2 Å². The van der Waals surface area contributed by atoms with E-state index in [-0.39, 0.29) is 17.9 Å². The molecule has 41 heavy (non-hydrogen) atoms. The van der Waals surface area contributed by atoms with Crippen LogP contribution in [0.5, 0.6) is 0 Å². The monoisotopic (exact) mass is 563 g/mol. The lowest BCUT2D eigenvalue weighted by Gasteiger charge is -2.32. The van der Waals surface area contributed by atoms with Crippen molar-refractivity contribution in [2.75, 3.05) is 25.5 Å². The van der Waals surface area contributed by atoms with Crippen molar-refractivity contribution in [3.05, 3.63) is 113 Å². The smallest absolute Gasteiger partial charge is 0.340 e. The summed E-state index contributed by atoms with van der Waals surface area (Å²) in [6, 6.07) is 23.0. The molecule has 2 amide bonds. The van der Waals surface area contributed by atoms with Gasteiger partial charge in [-0.05, 0) is 56.9 Å². The maximum absolute atomic E-state index is 13.1. The molecule has 3 aromatic carbocycles. The number of benzene rings is 3. The van der Waals surface area contributed by atoms with Crippen LogP contribution < -0.4 is 10.2 Å². The molecule has 0 aliphatic carbocycles. The number of aromatic nitrogens is 2. The highest BCUT2D eigenvalue weighted by atomic mass is 19.4. The SMILES string of the molecule is CCN1C(=O)C(NC(=O)c2cccc(C(F)(F)F)c2)Cc2cnn(-c3ccccc3)c21.CN(C)Cc1ccccc1. The van der Waals surface area contributed by atoms with Gasteiger partial charge in [-0.25, -0.2) is 4.68 Å². The molecule has 0 saturated heterocycles. The number of nitrogens with one attached hydrogen (secondary N) is 1. The Bertz CT molecular complexity index is 1470. The Morgan fingerprint density at radius 1 is 1.00 bits per heavy atom. The molecular formula is C31H32F3N5O2. The van der Waals surface area contributed by atoms with Gasteiger partial charge in [0.1, 0.15) is 11.9 Å². The summed E-state index contributed by atoms with van der Waals surface area (Å²) in [5, 5.41) is 6.98. The molecule has 2 heterocycles. The summed E-state index contributed by atoms with van der Waals surface area (Å²) in [4.78, 5) is 29.4. The van der Waals surface area contributed by atoms with Crippen molar-refractivity contribution in [2.24, 2.45) is 0 Å². The van der Waals surface area contributed by atoms with Gasteiger partial charge >= 0.3 is 6.18 Å². The molecule has 1 aliphatic rings. The molecule has 1 unspecified atom stereocenters. The number of alkyl halides is 3. The highest BCUT2D eigenvalue weighted by molar-refractivity contribution is 6.04. The predicted molar refractivity (Wildman–Crippen MR) is 152 cm³/mol. The molecule has 0 bridgehead atoms.